The molecule has 0 amide bonds. The molecular weight excluding hydrogens is 202 g/mol. The predicted octanol–water partition coefficient (Wildman–Crippen LogP) is 2.37. The van der Waals surface area contributed by atoms with Crippen molar-refractivity contribution in [1.29, 1.82) is 0 Å². The highest BCUT2D eigenvalue weighted by molar-refractivity contribution is 4.96. The first-order chi connectivity index (χ1) is 7.92. The predicted molar refractivity (Wildman–Crippen MR) is 60.0 cm³/mol. The van der Waals surface area contributed by atoms with Gasteiger partial charge in [-0.2, -0.15) is 4.98 Å². The summed E-state index contributed by atoms with van der Waals surface area (Å²) in [6.07, 6.45) is 9.02. The molecule has 0 unspecified atom stereocenters. The maximum absolute atomic E-state index is 5.36. The van der Waals surface area contributed by atoms with Crippen molar-refractivity contribution in [3.63, 3.8) is 0 Å². The molecule has 0 atom stereocenters. The molecule has 0 spiro atoms. The fraction of sp³-hybridized carbons (Fsp3) is 0.833. The van der Waals surface area contributed by atoms with Crippen molar-refractivity contribution >= 4 is 0 Å². The quantitative estimate of drug-likeness (QED) is 0.848. The second-order valence-corrected chi connectivity index (χ2v) is 5.04. The molecule has 0 radical (unpaired) electrons. The van der Waals surface area contributed by atoms with Crippen molar-refractivity contribution in [2.45, 2.75) is 63.5 Å². The van der Waals surface area contributed by atoms with Gasteiger partial charge in [0.15, 0.2) is 5.82 Å². The third-order valence-electron chi connectivity index (χ3n) is 3.56. The zero-order chi connectivity index (χ0) is 10.8. The zero-order valence-corrected chi connectivity index (χ0v) is 9.61. The van der Waals surface area contributed by atoms with Gasteiger partial charge < -0.3 is 9.84 Å². The molecule has 3 rings (SSSR count). The lowest BCUT2D eigenvalue weighted by atomic mass is 9.89. The molecule has 88 valence electrons. The molecule has 2 fully saturated rings. The normalized spacial score (nSPS) is 22.5. The van der Waals surface area contributed by atoms with Crippen LogP contribution in [0.3, 0.4) is 0 Å². The van der Waals surface area contributed by atoms with Crippen LogP contribution in [0.1, 0.15) is 62.6 Å². The number of nitrogens with one attached hydrogen (secondary N) is 1. The molecule has 4 nitrogen and oxygen atoms in total. The molecule has 1 N–H and O–H groups in total. The Morgan fingerprint density at radius 2 is 1.94 bits per heavy atom. The van der Waals surface area contributed by atoms with E-state index < -0.39 is 0 Å². The Hall–Kier alpha value is -0.900. The second-order valence-electron chi connectivity index (χ2n) is 5.04. The minimum absolute atomic E-state index is 0.524. The molecule has 0 aliphatic heterocycles. The molecule has 0 saturated heterocycles. The first kappa shape index (κ1) is 10.3. The van der Waals surface area contributed by atoms with Gasteiger partial charge in [0.1, 0.15) is 0 Å². The maximum atomic E-state index is 5.36. The van der Waals surface area contributed by atoms with Crippen LogP contribution in [0.5, 0.6) is 0 Å². The fourth-order valence-corrected chi connectivity index (χ4v) is 2.38. The number of nitrogens with zero attached hydrogens (tertiary/aromatic N) is 2. The van der Waals surface area contributed by atoms with Gasteiger partial charge in [0.25, 0.3) is 0 Å². The average molecular weight is 221 g/mol. The van der Waals surface area contributed by atoms with Crippen LogP contribution in [0, 0.1) is 0 Å². The summed E-state index contributed by atoms with van der Waals surface area (Å²) in [6, 6.07) is 0.705. The van der Waals surface area contributed by atoms with E-state index >= 15 is 0 Å². The molecule has 0 bridgehead atoms. The first-order valence-electron chi connectivity index (χ1n) is 6.47. The Morgan fingerprint density at radius 1 is 1.12 bits per heavy atom. The van der Waals surface area contributed by atoms with Crippen LogP contribution in [0.25, 0.3) is 0 Å². The summed E-state index contributed by atoms with van der Waals surface area (Å²) < 4.78 is 5.36. The largest absolute Gasteiger partial charge is 0.339 e. The van der Waals surface area contributed by atoms with Crippen molar-refractivity contribution in [3.05, 3.63) is 11.7 Å². The number of aromatic nitrogens is 2. The Kier molecular flexibility index (Phi) is 2.91. The van der Waals surface area contributed by atoms with Crippen molar-refractivity contribution in [3.8, 4) is 0 Å². The average Bonchev–Trinajstić information content (AvgIpc) is 3.05. The maximum Gasteiger partial charge on any atom is 0.229 e. The van der Waals surface area contributed by atoms with Gasteiger partial charge in [-0.25, -0.2) is 0 Å². The van der Waals surface area contributed by atoms with E-state index in [9.17, 15) is 0 Å². The Labute approximate surface area is 95.8 Å². The minimum atomic E-state index is 0.524. The van der Waals surface area contributed by atoms with E-state index in [-0.39, 0.29) is 0 Å². The third kappa shape index (κ3) is 2.43. The van der Waals surface area contributed by atoms with Crippen LogP contribution in [-0.2, 0) is 6.54 Å². The topological polar surface area (TPSA) is 51.0 Å². The first-order valence-corrected chi connectivity index (χ1v) is 6.47. The standard InChI is InChI=1S/C12H19N3O/c1-2-4-9(5-3-1)12-14-11(15-16-12)8-13-10-6-7-10/h9-10,13H,1-8H2. The monoisotopic (exact) mass is 221 g/mol. The van der Waals surface area contributed by atoms with E-state index in [4.69, 9.17) is 4.52 Å². The second kappa shape index (κ2) is 4.53. The number of rotatable bonds is 4. The van der Waals surface area contributed by atoms with Crippen LogP contribution in [0.2, 0.25) is 0 Å². The van der Waals surface area contributed by atoms with E-state index in [0.29, 0.717) is 12.0 Å². The lowest BCUT2D eigenvalue weighted by molar-refractivity contribution is 0.311. The number of hydrogen-bond donors (Lipinski definition) is 1. The van der Waals surface area contributed by atoms with E-state index in [2.05, 4.69) is 15.5 Å². The van der Waals surface area contributed by atoms with E-state index in [1.54, 1.807) is 0 Å². The van der Waals surface area contributed by atoms with Gasteiger partial charge in [0.05, 0.1) is 6.54 Å². The van der Waals surface area contributed by atoms with E-state index in [1.165, 1.54) is 44.9 Å². The SMILES string of the molecule is C1CCC(c2nc(CNC3CC3)no2)CC1. The lowest BCUT2D eigenvalue weighted by Gasteiger charge is -2.17. The molecule has 1 aromatic rings. The highest BCUT2D eigenvalue weighted by Gasteiger charge is 2.23. The molecule has 2 saturated carbocycles. The van der Waals surface area contributed by atoms with Crippen molar-refractivity contribution in [2.75, 3.05) is 0 Å². The molecule has 2 aliphatic rings. The van der Waals surface area contributed by atoms with E-state index in [1.807, 2.05) is 0 Å². The van der Waals surface area contributed by atoms with Gasteiger partial charge in [-0.1, -0.05) is 24.4 Å². The zero-order valence-electron chi connectivity index (χ0n) is 9.61. The van der Waals surface area contributed by atoms with Crippen molar-refractivity contribution in [1.82, 2.24) is 15.5 Å². The Bertz CT molecular complexity index is 340. The Balaban J connectivity index is 1.57. The van der Waals surface area contributed by atoms with Gasteiger partial charge in [-0.05, 0) is 25.7 Å². The molecule has 2 aliphatic carbocycles. The summed E-state index contributed by atoms with van der Waals surface area (Å²) in [7, 11) is 0. The highest BCUT2D eigenvalue weighted by Crippen LogP contribution is 2.31. The van der Waals surface area contributed by atoms with Crippen molar-refractivity contribution < 1.29 is 4.52 Å². The molecule has 1 heterocycles. The van der Waals surface area contributed by atoms with Crippen LogP contribution >= 0.6 is 0 Å². The summed E-state index contributed by atoms with van der Waals surface area (Å²) in [6.45, 7) is 0.765. The molecule has 1 aromatic heterocycles. The summed E-state index contributed by atoms with van der Waals surface area (Å²) in [5, 5.41) is 7.45. The third-order valence-corrected chi connectivity index (χ3v) is 3.56. The van der Waals surface area contributed by atoms with Gasteiger partial charge in [0, 0.05) is 12.0 Å². The molecular formula is C12H19N3O. The Morgan fingerprint density at radius 3 is 2.69 bits per heavy atom. The van der Waals surface area contributed by atoms with Crippen LogP contribution in [0.15, 0.2) is 4.52 Å². The summed E-state index contributed by atoms with van der Waals surface area (Å²) in [4.78, 5) is 4.49. The summed E-state index contributed by atoms with van der Waals surface area (Å²) in [5.74, 6) is 2.22. The van der Waals surface area contributed by atoms with Gasteiger partial charge in [0.2, 0.25) is 5.89 Å². The molecule has 0 aromatic carbocycles. The number of hydrogen-bond acceptors (Lipinski definition) is 4. The summed E-state index contributed by atoms with van der Waals surface area (Å²) >= 11 is 0. The molecule has 4 heteroatoms. The van der Waals surface area contributed by atoms with Gasteiger partial charge in [-0.15, -0.1) is 0 Å². The van der Waals surface area contributed by atoms with Crippen LogP contribution in [-0.4, -0.2) is 16.2 Å². The van der Waals surface area contributed by atoms with Crippen LogP contribution < -0.4 is 5.32 Å². The van der Waals surface area contributed by atoms with Gasteiger partial charge >= 0.3 is 0 Å². The van der Waals surface area contributed by atoms with Crippen molar-refractivity contribution in [2.24, 2.45) is 0 Å². The van der Waals surface area contributed by atoms with E-state index in [0.717, 1.165) is 18.3 Å². The summed E-state index contributed by atoms with van der Waals surface area (Å²) in [5.41, 5.74) is 0. The molecule has 16 heavy (non-hydrogen) atoms. The highest BCUT2D eigenvalue weighted by atomic mass is 16.5. The minimum Gasteiger partial charge on any atom is -0.339 e. The van der Waals surface area contributed by atoms with Crippen LogP contribution in [0.4, 0.5) is 0 Å². The fourth-order valence-electron chi connectivity index (χ4n) is 2.38. The smallest absolute Gasteiger partial charge is 0.229 e. The lowest BCUT2D eigenvalue weighted by Crippen LogP contribution is -2.16. The van der Waals surface area contributed by atoms with Gasteiger partial charge in [-0.3, -0.25) is 0 Å².